The Bertz CT molecular complexity index is 746. The van der Waals surface area contributed by atoms with Gasteiger partial charge in [-0.05, 0) is 53.1 Å². The summed E-state index contributed by atoms with van der Waals surface area (Å²) in [6.07, 6.45) is 1.68. The van der Waals surface area contributed by atoms with E-state index in [1.807, 2.05) is 37.3 Å². The van der Waals surface area contributed by atoms with E-state index in [2.05, 4.69) is 12.1 Å². The number of methoxy groups -OCH3 is 1. The second-order valence-corrected chi connectivity index (χ2v) is 4.92. The molecule has 0 saturated carbocycles. The fourth-order valence-corrected chi connectivity index (χ4v) is 2.42. The Morgan fingerprint density at radius 2 is 1.80 bits per heavy atom. The van der Waals surface area contributed by atoms with Gasteiger partial charge in [0.05, 0.1) is 19.4 Å². The zero-order valence-corrected chi connectivity index (χ0v) is 11.6. The molecule has 3 aromatic rings. The van der Waals surface area contributed by atoms with E-state index in [0.29, 0.717) is 0 Å². The van der Waals surface area contributed by atoms with Crippen LogP contribution in [-0.4, -0.2) is 7.11 Å². The van der Waals surface area contributed by atoms with Crippen LogP contribution in [0.25, 0.3) is 10.8 Å². The fourth-order valence-electron chi connectivity index (χ4n) is 2.42. The van der Waals surface area contributed by atoms with E-state index in [1.165, 1.54) is 0 Å². The van der Waals surface area contributed by atoms with Gasteiger partial charge in [0.25, 0.3) is 0 Å². The summed E-state index contributed by atoms with van der Waals surface area (Å²) >= 11 is 0. The monoisotopic (exact) mass is 267 g/mol. The van der Waals surface area contributed by atoms with Crippen molar-refractivity contribution in [3.05, 3.63) is 65.6 Å². The minimum absolute atomic E-state index is 0.239. The van der Waals surface area contributed by atoms with E-state index in [4.69, 9.17) is 14.9 Å². The van der Waals surface area contributed by atoms with E-state index < -0.39 is 0 Å². The van der Waals surface area contributed by atoms with Crippen LogP contribution in [0.3, 0.4) is 0 Å². The maximum atomic E-state index is 6.29. The summed E-state index contributed by atoms with van der Waals surface area (Å²) in [5, 5.41) is 2.28. The molecule has 0 aliphatic heterocycles. The highest BCUT2D eigenvalue weighted by atomic mass is 16.5. The lowest BCUT2D eigenvalue weighted by molar-refractivity contribution is 0.415. The minimum Gasteiger partial charge on any atom is -0.497 e. The molecule has 0 amide bonds. The average molecular weight is 267 g/mol. The highest BCUT2D eigenvalue weighted by molar-refractivity contribution is 5.84. The van der Waals surface area contributed by atoms with Gasteiger partial charge in [-0.25, -0.2) is 0 Å². The minimum atomic E-state index is -0.239. The standard InChI is InChI=1S/C17H17NO2/c1-11-7-8-20-17(11)16(18)14-4-3-13-10-15(19-2)6-5-12(13)9-14/h3-10,16H,18H2,1-2H3. The predicted octanol–water partition coefficient (Wildman–Crippen LogP) is 3.80. The molecule has 3 nitrogen and oxygen atoms in total. The van der Waals surface area contributed by atoms with Crippen LogP contribution < -0.4 is 10.5 Å². The van der Waals surface area contributed by atoms with Crippen LogP contribution in [0.2, 0.25) is 0 Å². The van der Waals surface area contributed by atoms with Crippen LogP contribution in [-0.2, 0) is 0 Å². The lowest BCUT2D eigenvalue weighted by Gasteiger charge is -2.12. The SMILES string of the molecule is COc1ccc2cc(C(N)c3occc3C)ccc2c1. The highest BCUT2D eigenvalue weighted by Gasteiger charge is 2.15. The first kappa shape index (κ1) is 12.8. The number of hydrogen-bond donors (Lipinski definition) is 1. The van der Waals surface area contributed by atoms with Gasteiger partial charge in [-0.2, -0.15) is 0 Å². The molecule has 0 saturated heterocycles. The molecule has 0 spiro atoms. The molecule has 1 unspecified atom stereocenters. The summed E-state index contributed by atoms with van der Waals surface area (Å²) in [6, 6.07) is 13.9. The molecule has 2 aromatic carbocycles. The molecule has 20 heavy (non-hydrogen) atoms. The number of nitrogens with two attached hydrogens (primary N) is 1. The first-order chi connectivity index (χ1) is 9.69. The van der Waals surface area contributed by atoms with Gasteiger partial charge < -0.3 is 14.9 Å². The smallest absolute Gasteiger partial charge is 0.127 e. The van der Waals surface area contributed by atoms with Gasteiger partial charge in [0.15, 0.2) is 0 Å². The van der Waals surface area contributed by atoms with Crippen molar-refractivity contribution in [3.63, 3.8) is 0 Å². The second-order valence-electron chi connectivity index (χ2n) is 4.92. The Hall–Kier alpha value is -2.26. The van der Waals surface area contributed by atoms with E-state index in [9.17, 15) is 0 Å². The Kier molecular flexibility index (Phi) is 3.20. The van der Waals surface area contributed by atoms with E-state index in [-0.39, 0.29) is 6.04 Å². The molecule has 102 valence electrons. The van der Waals surface area contributed by atoms with Crippen LogP contribution in [0.4, 0.5) is 0 Å². The average Bonchev–Trinajstić information content (AvgIpc) is 2.91. The zero-order chi connectivity index (χ0) is 14.1. The van der Waals surface area contributed by atoms with Crippen molar-refractivity contribution in [1.82, 2.24) is 0 Å². The zero-order valence-electron chi connectivity index (χ0n) is 11.6. The first-order valence-corrected chi connectivity index (χ1v) is 6.56. The summed E-state index contributed by atoms with van der Waals surface area (Å²) in [5.41, 5.74) is 8.41. The summed E-state index contributed by atoms with van der Waals surface area (Å²) in [5.74, 6) is 1.68. The topological polar surface area (TPSA) is 48.4 Å². The Labute approximate surface area is 118 Å². The molecule has 0 fully saturated rings. The normalized spacial score (nSPS) is 12.6. The molecular weight excluding hydrogens is 250 g/mol. The third kappa shape index (κ3) is 2.17. The fraction of sp³-hybridized carbons (Fsp3) is 0.176. The molecule has 3 heteroatoms. The van der Waals surface area contributed by atoms with Gasteiger partial charge >= 0.3 is 0 Å². The molecule has 2 N–H and O–H groups in total. The van der Waals surface area contributed by atoms with Crippen LogP contribution in [0.1, 0.15) is 22.9 Å². The molecule has 0 aliphatic rings. The largest absolute Gasteiger partial charge is 0.497 e. The predicted molar refractivity (Wildman–Crippen MR) is 80.0 cm³/mol. The number of benzene rings is 2. The van der Waals surface area contributed by atoms with Crippen molar-refractivity contribution in [3.8, 4) is 5.75 Å². The molecule has 0 radical (unpaired) electrons. The number of rotatable bonds is 3. The van der Waals surface area contributed by atoms with Crippen LogP contribution in [0.5, 0.6) is 5.75 Å². The van der Waals surface area contributed by atoms with Crippen molar-refractivity contribution in [1.29, 1.82) is 0 Å². The van der Waals surface area contributed by atoms with E-state index in [0.717, 1.165) is 33.4 Å². The molecule has 1 atom stereocenters. The van der Waals surface area contributed by atoms with Crippen molar-refractivity contribution < 1.29 is 9.15 Å². The maximum absolute atomic E-state index is 6.29. The summed E-state index contributed by atoms with van der Waals surface area (Å²) in [4.78, 5) is 0. The summed E-state index contributed by atoms with van der Waals surface area (Å²) in [7, 11) is 1.67. The third-order valence-electron chi connectivity index (χ3n) is 3.61. The van der Waals surface area contributed by atoms with Gasteiger partial charge in [0.1, 0.15) is 11.5 Å². The van der Waals surface area contributed by atoms with Gasteiger partial charge in [-0.1, -0.05) is 18.2 Å². The van der Waals surface area contributed by atoms with Crippen molar-refractivity contribution in [2.24, 2.45) is 5.73 Å². The lowest BCUT2D eigenvalue weighted by atomic mass is 9.99. The van der Waals surface area contributed by atoms with Crippen molar-refractivity contribution in [2.75, 3.05) is 7.11 Å². The maximum Gasteiger partial charge on any atom is 0.127 e. The number of ether oxygens (including phenoxy) is 1. The third-order valence-corrected chi connectivity index (χ3v) is 3.61. The van der Waals surface area contributed by atoms with Crippen LogP contribution in [0, 0.1) is 6.92 Å². The van der Waals surface area contributed by atoms with Crippen LogP contribution in [0.15, 0.2) is 53.1 Å². The van der Waals surface area contributed by atoms with Crippen molar-refractivity contribution >= 4 is 10.8 Å². The quantitative estimate of drug-likeness (QED) is 0.785. The Morgan fingerprint density at radius 1 is 1.05 bits per heavy atom. The lowest BCUT2D eigenvalue weighted by Crippen LogP contribution is -2.11. The van der Waals surface area contributed by atoms with Gasteiger partial charge in [-0.15, -0.1) is 0 Å². The Balaban J connectivity index is 2.03. The molecule has 1 heterocycles. The van der Waals surface area contributed by atoms with Gasteiger partial charge in [0, 0.05) is 0 Å². The number of fused-ring (bicyclic) bond motifs is 1. The summed E-state index contributed by atoms with van der Waals surface area (Å²) < 4.78 is 10.7. The molecule has 0 bridgehead atoms. The summed E-state index contributed by atoms with van der Waals surface area (Å²) in [6.45, 7) is 2.00. The van der Waals surface area contributed by atoms with Crippen LogP contribution >= 0.6 is 0 Å². The molecule has 1 aromatic heterocycles. The van der Waals surface area contributed by atoms with Gasteiger partial charge in [0.2, 0.25) is 0 Å². The molecule has 3 rings (SSSR count). The van der Waals surface area contributed by atoms with Crippen molar-refractivity contribution in [2.45, 2.75) is 13.0 Å². The molecular formula is C17H17NO2. The Morgan fingerprint density at radius 3 is 2.50 bits per heavy atom. The first-order valence-electron chi connectivity index (χ1n) is 6.56. The van der Waals surface area contributed by atoms with E-state index >= 15 is 0 Å². The number of furan rings is 1. The number of hydrogen-bond acceptors (Lipinski definition) is 3. The second kappa shape index (κ2) is 5.02. The molecule has 0 aliphatic carbocycles. The number of aryl methyl sites for hydroxylation is 1. The highest BCUT2D eigenvalue weighted by Crippen LogP contribution is 2.27. The van der Waals surface area contributed by atoms with E-state index in [1.54, 1.807) is 13.4 Å². The van der Waals surface area contributed by atoms with Gasteiger partial charge in [-0.3, -0.25) is 0 Å².